The van der Waals surface area contributed by atoms with Crippen LogP contribution in [-0.4, -0.2) is 34.0 Å². The van der Waals surface area contributed by atoms with E-state index < -0.39 is 17.0 Å². The summed E-state index contributed by atoms with van der Waals surface area (Å²) >= 11 is 0. The van der Waals surface area contributed by atoms with Crippen LogP contribution in [0, 0.1) is 17.3 Å². The second kappa shape index (κ2) is 9.85. The largest absolute Gasteiger partial charge is 0.465 e. The number of carboxylic acid groups (broad SMARTS) is 1. The van der Waals surface area contributed by atoms with Gasteiger partial charge in [0, 0.05) is 11.4 Å². The van der Waals surface area contributed by atoms with E-state index >= 15 is 0 Å². The third-order valence-corrected chi connectivity index (χ3v) is 12.3. The molecule has 7 nitrogen and oxygen atoms in total. The van der Waals surface area contributed by atoms with Crippen molar-refractivity contribution in [2.75, 3.05) is 11.1 Å². The summed E-state index contributed by atoms with van der Waals surface area (Å²) in [5, 5.41) is 11.8. The SMILES string of the molecule is C[C@]1(N(C=O)C(=O)[C@@]2(C)CCC[C@]3(C)c4cc(NC(=O)O)ccc4CC[C@@H]23)CCC[C@]2(C)c3cc(N)ccc3CC[C@@H]12. The van der Waals surface area contributed by atoms with Crippen molar-refractivity contribution in [3.63, 3.8) is 0 Å². The molecule has 6 atom stereocenters. The van der Waals surface area contributed by atoms with Crippen molar-refractivity contribution in [1.29, 1.82) is 0 Å². The van der Waals surface area contributed by atoms with Crippen LogP contribution in [0.25, 0.3) is 0 Å². The third kappa shape index (κ3) is 4.10. The van der Waals surface area contributed by atoms with E-state index in [4.69, 9.17) is 5.73 Å². The number of hydrogen-bond donors (Lipinski definition) is 3. The van der Waals surface area contributed by atoms with E-state index in [-0.39, 0.29) is 28.6 Å². The first-order chi connectivity index (χ1) is 19.9. The van der Waals surface area contributed by atoms with Gasteiger partial charge in [0.15, 0.2) is 0 Å². The van der Waals surface area contributed by atoms with Crippen LogP contribution in [-0.2, 0) is 33.3 Å². The Morgan fingerprint density at radius 1 is 0.881 bits per heavy atom. The molecule has 2 fully saturated rings. The van der Waals surface area contributed by atoms with E-state index in [1.807, 2.05) is 24.3 Å². The van der Waals surface area contributed by atoms with E-state index in [9.17, 15) is 19.5 Å². The predicted molar refractivity (Wildman–Crippen MR) is 164 cm³/mol. The van der Waals surface area contributed by atoms with E-state index in [2.05, 4.69) is 45.1 Å². The van der Waals surface area contributed by atoms with Crippen molar-refractivity contribution in [3.05, 3.63) is 58.7 Å². The lowest BCUT2D eigenvalue weighted by molar-refractivity contribution is -0.166. The van der Waals surface area contributed by atoms with Crippen LogP contribution in [0.15, 0.2) is 36.4 Å². The molecule has 0 radical (unpaired) electrons. The molecule has 6 rings (SSSR count). The Labute approximate surface area is 249 Å². The quantitative estimate of drug-likeness (QED) is 0.275. The molecule has 2 aromatic rings. The highest BCUT2D eigenvalue weighted by Gasteiger charge is 2.60. The number of aryl methyl sites for hydroxylation is 2. The fourth-order valence-electron chi connectivity index (χ4n) is 10.3. The molecule has 4 N–H and O–H groups in total. The molecule has 0 aromatic heterocycles. The van der Waals surface area contributed by atoms with Gasteiger partial charge in [0.2, 0.25) is 12.3 Å². The second-order valence-corrected chi connectivity index (χ2v) is 14.5. The molecule has 4 aliphatic rings. The van der Waals surface area contributed by atoms with Crippen LogP contribution in [0.4, 0.5) is 16.2 Å². The van der Waals surface area contributed by atoms with Crippen molar-refractivity contribution < 1.29 is 19.5 Å². The van der Waals surface area contributed by atoms with E-state index in [1.165, 1.54) is 16.7 Å². The van der Waals surface area contributed by atoms with E-state index in [0.29, 0.717) is 5.69 Å². The smallest absolute Gasteiger partial charge is 0.409 e. The lowest BCUT2D eigenvalue weighted by atomic mass is 9.48. The maximum absolute atomic E-state index is 14.9. The topological polar surface area (TPSA) is 113 Å². The van der Waals surface area contributed by atoms with Crippen LogP contribution in [0.1, 0.15) is 101 Å². The molecule has 0 spiro atoms. The molecule has 0 saturated heterocycles. The van der Waals surface area contributed by atoms with E-state index in [0.717, 1.165) is 81.9 Å². The number of benzene rings is 2. The molecule has 0 unspecified atom stereocenters. The number of imide groups is 1. The number of nitrogens with zero attached hydrogens (tertiary/aromatic N) is 1. The highest BCUT2D eigenvalue weighted by atomic mass is 16.4. The van der Waals surface area contributed by atoms with Gasteiger partial charge in [-0.25, -0.2) is 4.79 Å². The highest BCUT2D eigenvalue weighted by molar-refractivity contribution is 5.92. The van der Waals surface area contributed by atoms with Gasteiger partial charge in [-0.05, 0) is 127 Å². The van der Waals surface area contributed by atoms with Crippen molar-refractivity contribution in [2.24, 2.45) is 17.3 Å². The number of nitrogens with one attached hydrogen (secondary N) is 1. The molecule has 224 valence electrons. The van der Waals surface area contributed by atoms with Crippen LogP contribution in [0.5, 0.6) is 0 Å². The van der Waals surface area contributed by atoms with Crippen LogP contribution in [0.3, 0.4) is 0 Å². The molecule has 0 bridgehead atoms. The lowest BCUT2D eigenvalue weighted by Crippen LogP contribution is -2.66. The Kier molecular flexibility index (Phi) is 6.74. The van der Waals surface area contributed by atoms with Gasteiger partial charge >= 0.3 is 6.09 Å². The molecule has 4 aliphatic carbocycles. The zero-order valence-electron chi connectivity index (χ0n) is 25.5. The van der Waals surface area contributed by atoms with E-state index in [1.54, 1.807) is 4.90 Å². The van der Waals surface area contributed by atoms with Crippen LogP contribution < -0.4 is 11.1 Å². The monoisotopic (exact) mass is 571 g/mol. The molecular formula is C35H45N3O4. The molecule has 2 saturated carbocycles. The summed E-state index contributed by atoms with van der Waals surface area (Å²) in [6, 6.07) is 12.1. The minimum Gasteiger partial charge on any atom is -0.465 e. The minimum absolute atomic E-state index is 0.0400. The maximum Gasteiger partial charge on any atom is 0.409 e. The van der Waals surface area contributed by atoms with Gasteiger partial charge in [0.05, 0.1) is 11.0 Å². The molecule has 0 heterocycles. The van der Waals surface area contributed by atoms with Gasteiger partial charge in [-0.2, -0.15) is 0 Å². The van der Waals surface area contributed by atoms with Gasteiger partial charge in [-0.1, -0.05) is 45.7 Å². The van der Waals surface area contributed by atoms with Crippen molar-refractivity contribution in [3.8, 4) is 0 Å². The summed E-state index contributed by atoms with van der Waals surface area (Å²) in [4.78, 5) is 41.1. The number of nitrogen functional groups attached to an aromatic ring is 1. The average Bonchev–Trinajstić information content (AvgIpc) is 2.93. The molecule has 0 aliphatic heterocycles. The normalized spacial score (nSPS) is 35.0. The van der Waals surface area contributed by atoms with Crippen LogP contribution >= 0.6 is 0 Å². The Morgan fingerprint density at radius 2 is 1.48 bits per heavy atom. The molecular weight excluding hydrogens is 526 g/mol. The van der Waals surface area contributed by atoms with Gasteiger partial charge in [-0.3, -0.25) is 19.8 Å². The average molecular weight is 572 g/mol. The zero-order chi connectivity index (χ0) is 30.1. The standard InChI is InChI=1S/C35H45N3O4/c1-32-15-5-17-34(3,28(32)13-9-23-8-12-25(20-27(23)32)37-31(41)42)30(40)38(21-39)35(4)18-6-16-33(2)26-19-24(36)11-7-22(26)10-14-29(33)35/h7-8,11-12,19-21,28-29,37H,5-6,9-10,13-18,36H2,1-4H3,(H,41,42)/t28-,29-,32-,33-,34+,35+/m1/s1. The summed E-state index contributed by atoms with van der Waals surface area (Å²) in [7, 11) is 0. The summed E-state index contributed by atoms with van der Waals surface area (Å²) in [5.74, 6) is 0.158. The number of carbonyl (C=O) groups excluding carboxylic acids is 2. The molecule has 3 amide bonds. The second-order valence-electron chi connectivity index (χ2n) is 14.5. The Balaban J connectivity index is 1.37. The number of hydrogen-bond acceptors (Lipinski definition) is 4. The number of anilines is 2. The number of carbonyl (C=O) groups is 3. The van der Waals surface area contributed by atoms with Crippen LogP contribution in [0.2, 0.25) is 0 Å². The van der Waals surface area contributed by atoms with Crippen molar-refractivity contribution in [1.82, 2.24) is 4.90 Å². The minimum atomic E-state index is -1.08. The summed E-state index contributed by atoms with van der Waals surface area (Å²) in [6.07, 6.45) is 8.65. The Bertz CT molecular complexity index is 1460. The molecule has 7 heteroatoms. The summed E-state index contributed by atoms with van der Waals surface area (Å²) in [6.45, 7) is 8.82. The lowest BCUT2D eigenvalue weighted by Gasteiger charge is -2.60. The number of fused-ring (bicyclic) bond motifs is 6. The fourth-order valence-corrected chi connectivity index (χ4v) is 10.3. The Morgan fingerprint density at radius 3 is 2.14 bits per heavy atom. The van der Waals surface area contributed by atoms with Gasteiger partial charge in [0.1, 0.15) is 0 Å². The summed E-state index contributed by atoms with van der Waals surface area (Å²) < 4.78 is 0. The zero-order valence-corrected chi connectivity index (χ0v) is 25.5. The number of amides is 3. The maximum atomic E-state index is 14.9. The van der Waals surface area contributed by atoms with Crippen molar-refractivity contribution in [2.45, 2.75) is 108 Å². The number of nitrogens with two attached hydrogens (primary N) is 1. The van der Waals surface area contributed by atoms with Gasteiger partial charge in [0.25, 0.3) is 0 Å². The molecule has 2 aromatic carbocycles. The highest BCUT2D eigenvalue weighted by Crippen LogP contribution is 2.60. The fraction of sp³-hybridized carbons (Fsp3) is 0.571. The predicted octanol–water partition coefficient (Wildman–Crippen LogP) is 6.82. The first kappa shape index (κ1) is 28.8. The van der Waals surface area contributed by atoms with Gasteiger partial charge in [-0.15, -0.1) is 0 Å². The number of rotatable bonds is 4. The first-order valence-electron chi connectivity index (χ1n) is 15.7. The third-order valence-electron chi connectivity index (χ3n) is 12.3. The Hall–Kier alpha value is -3.35. The molecule has 42 heavy (non-hydrogen) atoms. The van der Waals surface area contributed by atoms with Crippen molar-refractivity contribution >= 4 is 29.8 Å². The first-order valence-corrected chi connectivity index (χ1v) is 15.7. The van der Waals surface area contributed by atoms with Gasteiger partial charge < -0.3 is 10.8 Å². The summed E-state index contributed by atoms with van der Waals surface area (Å²) in [5.41, 5.74) is 10.8.